The molecule has 12 heavy (non-hydrogen) atoms. The molecule has 0 saturated heterocycles. The Morgan fingerprint density at radius 1 is 1.08 bits per heavy atom. The van der Waals surface area contributed by atoms with Gasteiger partial charge in [0.05, 0.1) is 0 Å². The summed E-state index contributed by atoms with van der Waals surface area (Å²) in [6.45, 7) is 10.6. The van der Waals surface area contributed by atoms with Crippen LogP contribution in [0.3, 0.4) is 0 Å². The molecule has 0 N–H and O–H groups in total. The Morgan fingerprint density at radius 2 is 1.58 bits per heavy atom. The van der Waals surface area contributed by atoms with Crippen LogP contribution in [-0.4, -0.2) is 25.5 Å². The zero-order chi connectivity index (χ0) is 9.72. The molecular formula is C11H25N. The lowest BCUT2D eigenvalue weighted by Crippen LogP contribution is -2.28. The van der Waals surface area contributed by atoms with Gasteiger partial charge in [-0.15, -0.1) is 0 Å². The summed E-state index contributed by atoms with van der Waals surface area (Å²) in [4.78, 5) is 2.30. The summed E-state index contributed by atoms with van der Waals surface area (Å²) in [5.74, 6) is 2.52. The maximum Gasteiger partial charge on any atom is 0.000610 e. The summed E-state index contributed by atoms with van der Waals surface area (Å²) in [6, 6.07) is 0. The zero-order valence-corrected chi connectivity index (χ0v) is 9.59. The van der Waals surface area contributed by atoms with Crippen LogP contribution < -0.4 is 0 Å². The summed E-state index contributed by atoms with van der Waals surface area (Å²) in [6.07, 6.45) is 1.30. The Bertz CT molecular complexity index is 108. The highest BCUT2D eigenvalue weighted by atomic mass is 15.1. The van der Waals surface area contributed by atoms with Crippen LogP contribution in [0.25, 0.3) is 0 Å². The first kappa shape index (κ1) is 12.0. The van der Waals surface area contributed by atoms with Crippen LogP contribution in [0.5, 0.6) is 0 Å². The quantitative estimate of drug-likeness (QED) is 0.615. The normalized spacial score (nSPS) is 17.0. The van der Waals surface area contributed by atoms with Gasteiger partial charge < -0.3 is 4.90 Å². The van der Waals surface area contributed by atoms with E-state index in [0.29, 0.717) is 0 Å². The highest BCUT2D eigenvalue weighted by Gasteiger charge is 2.18. The van der Waals surface area contributed by atoms with Crippen molar-refractivity contribution >= 4 is 0 Å². The van der Waals surface area contributed by atoms with Crippen molar-refractivity contribution in [3.8, 4) is 0 Å². The van der Waals surface area contributed by atoms with Crippen LogP contribution in [0, 0.1) is 17.8 Å². The zero-order valence-electron chi connectivity index (χ0n) is 9.59. The van der Waals surface area contributed by atoms with E-state index in [9.17, 15) is 0 Å². The van der Waals surface area contributed by atoms with Gasteiger partial charge in [0.25, 0.3) is 0 Å². The number of hydrogen-bond donors (Lipinski definition) is 0. The molecule has 0 aliphatic carbocycles. The summed E-state index contributed by atoms with van der Waals surface area (Å²) >= 11 is 0. The maximum absolute atomic E-state index is 2.38. The van der Waals surface area contributed by atoms with Gasteiger partial charge in [-0.3, -0.25) is 0 Å². The topological polar surface area (TPSA) is 3.24 Å². The Morgan fingerprint density at radius 3 is 1.83 bits per heavy atom. The molecule has 0 aliphatic heterocycles. The molecule has 0 radical (unpaired) electrons. The lowest BCUT2D eigenvalue weighted by molar-refractivity contribution is 0.209. The van der Waals surface area contributed by atoms with Gasteiger partial charge in [0.1, 0.15) is 0 Å². The smallest absolute Gasteiger partial charge is 0.000610 e. The van der Waals surface area contributed by atoms with Gasteiger partial charge >= 0.3 is 0 Å². The summed E-state index contributed by atoms with van der Waals surface area (Å²) in [5.41, 5.74) is 0. The predicted octanol–water partition coefficient (Wildman–Crippen LogP) is 2.87. The molecule has 74 valence electrons. The largest absolute Gasteiger partial charge is 0.309 e. The average molecular weight is 171 g/mol. The average Bonchev–Trinajstić information content (AvgIpc) is 1.98. The third-order valence-corrected chi connectivity index (χ3v) is 2.92. The van der Waals surface area contributed by atoms with Crippen LogP contribution in [-0.2, 0) is 0 Å². The summed E-state index contributed by atoms with van der Waals surface area (Å²) in [5, 5.41) is 0. The molecule has 2 unspecified atom stereocenters. The van der Waals surface area contributed by atoms with Crippen molar-refractivity contribution < 1.29 is 0 Å². The van der Waals surface area contributed by atoms with Crippen molar-refractivity contribution in [1.82, 2.24) is 4.90 Å². The van der Waals surface area contributed by atoms with Gasteiger partial charge in [0, 0.05) is 6.54 Å². The predicted molar refractivity (Wildman–Crippen MR) is 56.3 cm³/mol. The fourth-order valence-electron chi connectivity index (χ4n) is 1.68. The lowest BCUT2D eigenvalue weighted by atomic mass is 9.83. The monoisotopic (exact) mass is 171 g/mol. The van der Waals surface area contributed by atoms with E-state index < -0.39 is 0 Å². The molecule has 0 spiro atoms. The second kappa shape index (κ2) is 5.58. The molecular weight excluding hydrogens is 146 g/mol. The van der Waals surface area contributed by atoms with Crippen molar-refractivity contribution in [3.63, 3.8) is 0 Å². The third-order valence-electron chi connectivity index (χ3n) is 2.92. The standard InChI is InChI=1S/C11H25N/c1-7-11(8-12(5)6)10(4)9(2)3/h9-11H,7-8H2,1-6H3. The first-order valence-corrected chi connectivity index (χ1v) is 5.13. The first-order valence-electron chi connectivity index (χ1n) is 5.13. The molecule has 0 amide bonds. The summed E-state index contributed by atoms with van der Waals surface area (Å²) in [7, 11) is 4.32. The van der Waals surface area contributed by atoms with Gasteiger partial charge in [0.15, 0.2) is 0 Å². The second-order valence-corrected chi connectivity index (χ2v) is 4.53. The number of hydrogen-bond acceptors (Lipinski definition) is 1. The Labute approximate surface area is 78.1 Å². The molecule has 0 rings (SSSR count). The van der Waals surface area contributed by atoms with Crippen molar-refractivity contribution in [2.75, 3.05) is 20.6 Å². The molecule has 0 aromatic rings. The summed E-state index contributed by atoms with van der Waals surface area (Å²) < 4.78 is 0. The first-order chi connectivity index (χ1) is 5.49. The van der Waals surface area contributed by atoms with E-state index in [-0.39, 0.29) is 0 Å². The Hall–Kier alpha value is -0.0400. The molecule has 0 saturated carbocycles. The molecule has 0 heterocycles. The van der Waals surface area contributed by atoms with E-state index in [1.807, 2.05) is 0 Å². The van der Waals surface area contributed by atoms with Crippen molar-refractivity contribution in [3.05, 3.63) is 0 Å². The van der Waals surface area contributed by atoms with E-state index in [1.165, 1.54) is 13.0 Å². The van der Waals surface area contributed by atoms with E-state index in [4.69, 9.17) is 0 Å². The molecule has 0 aromatic carbocycles. The second-order valence-electron chi connectivity index (χ2n) is 4.53. The van der Waals surface area contributed by atoms with Gasteiger partial charge in [-0.1, -0.05) is 34.1 Å². The third kappa shape index (κ3) is 4.10. The van der Waals surface area contributed by atoms with Crippen molar-refractivity contribution in [1.29, 1.82) is 0 Å². The molecule has 2 atom stereocenters. The van der Waals surface area contributed by atoms with Crippen molar-refractivity contribution in [2.24, 2.45) is 17.8 Å². The maximum atomic E-state index is 2.38. The van der Waals surface area contributed by atoms with Gasteiger partial charge in [-0.05, 0) is 31.8 Å². The van der Waals surface area contributed by atoms with E-state index in [2.05, 4.69) is 46.7 Å². The molecule has 1 heteroatoms. The fourth-order valence-corrected chi connectivity index (χ4v) is 1.68. The lowest BCUT2D eigenvalue weighted by Gasteiger charge is -2.28. The molecule has 0 aliphatic rings. The Kier molecular flexibility index (Phi) is 5.56. The highest BCUT2D eigenvalue weighted by Crippen LogP contribution is 2.23. The van der Waals surface area contributed by atoms with Crippen molar-refractivity contribution in [2.45, 2.75) is 34.1 Å². The molecule has 0 bridgehead atoms. The molecule has 0 fully saturated rings. The van der Waals surface area contributed by atoms with Crippen LogP contribution in [0.1, 0.15) is 34.1 Å². The van der Waals surface area contributed by atoms with Gasteiger partial charge in [-0.2, -0.15) is 0 Å². The van der Waals surface area contributed by atoms with Crippen LogP contribution in [0.4, 0.5) is 0 Å². The molecule has 1 nitrogen and oxygen atoms in total. The molecule has 0 aromatic heterocycles. The fraction of sp³-hybridized carbons (Fsp3) is 1.00. The number of rotatable bonds is 5. The van der Waals surface area contributed by atoms with Crippen LogP contribution in [0.2, 0.25) is 0 Å². The van der Waals surface area contributed by atoms with E-state index in [1.54, 1.807) is 0 Å². The van der Waals surface area contributed by atoms with Gasteiger partial charge in [-0.25, -0.2) is 0 Å². The van der Waals surface area contributed by atoms with E-state index in [0.717, 1.165) is 17.8 Å². The van der Waals surface area contributed by atoms with Crippen LogP contribution >= 0.6 is 0 Å². The Balaban J connectivity index is 3.96. The SMILES string of the molecule is CCC(CN(C)C)C(C)C(C)C. The minimum absolute atomic E-state index is 0.815. The minimum atomic E-state index is 0.815. The number of nitrogens with zero attached hydrogens (tertiary/aromatic N) is 1. The van der Waals surface area contributed by atoms with Gasteiger partial charge in [0.2, 0.25) is 0 Å². The highest BCUT2D eigenvalue weighted by molar-refractivity contribution is 4.69. The van der Waals surface area contributed by atoms with E-state index >= 15 is 0 Å². The minimum Gasteiger partial charge on any atom is -0.309 e. The van der Waals surface area contributed by atoms with Crippen LogP contribution in [0.15, 0.2) is 0 Å².